The van der Waals surface area contributed by atoms with Crippen LogP contribution in [0.3, 0.4) is 0 Å². The summed E-state index contributed by atoms with van der Waals surface area (Å²) in [5, 5.41) is 1.18. The fourth-order valence-corrected chi connectivity index (χ4v) is 10.1. The molecule has 2 aliphatic carbocycles. The normalized spacial score (nSPS) is 33.2. The number of carbonyl (C=O) groups excluding carboxylic acids is 2. The van der Waals surface area contributed by atoms with Crippen LogP contribution in [0.15, 0.2) is 58.4 Å². The molecule has 0 unspecified atom stereocenters. The topological polar surface area (TPSA) is 70.2 Å². The minimum absolute atomic E-state index is 0.0266. The summed E-state index contributed by atoms with van der Waals surface area (Å²) in [6, 6.07) is 16.1. The molecule has 2 saturated carbocycles. The lowest BCUT2D eigenvalue weighted by atomic mass is 9.67. The van der Waals surface area contributed by atoms with Gasteiger partial charge >= 0.3 is 4.87 Å². The number of anilines is 1. The van der Waals surface area contributed by atoms with Gasteiger partial charge in [-0.15, -0.1) is 11.8 Å². The summed E-state index contributed by atoms with van der Waals surface area (Å²) in [5.41, 5.74) is 4.24. The van der Waals surface area contributed by atoms with E-state index in [1.54, 1.807) is 11.8 Å². The molecular weight excluding hydrogens is 464 g/mol. The number of aryl methyl sites for hydroxylation is 2. The number of H-pyrrole nitrogens is 1. The first-order chi connectivity index (χ1) is 16.4. The number of aromatic amines is 1. The third-order valence-corrected chi connectivity index (χ3v) is 11.1. The minimum Gasteiger partial charge on any atom is -0.307 e. The number of fused-ring (bicyclic) bond motifs is 9. The average molecular weight is 489 g/mol. The molecular formula is C27H24N2O3S2. The van der Waals surface area contributed by atoms with Crippen molar-refractivity contribution in [3.63, 3.8) is 0 Å². The van der Waals surface area contributed by atoms with E-state index in [0.717, 1.165) is 21.9 Å². The molecule has 1 saturated heterocycles. The van der Waals surface area contributed by atoms with Crippen LogP contribution in [0.5, 0.6) is 0 Å². The van der Waals surface area contributed by atoms with E-state index in [9.17, 15) is 14.4 Å². The lowest BCUT2D eigenvalue weighted by molar-refractivity contribution is -0.123. The highest BCUT2D eigenvalue weighted by molar-refractivity contribution is 8.00. The number of nitrogens with one attached hydrogen (secondary N) is 1. The molecule has 2 amide bonds. The highest BCUT2D eigenvalue weighted by Gasteiger charge is 2.69. The Morgan fingerprint density at radius 2 is 1.62 bits per heavy atom. The lowest BCUT2D eigenvalue weighted by Gasteiger charge is -2.43. The SMILES string of the molecule is Cc1ccc(N2C(=O)[C@H]3[C@H]4C[C@@H]([C@@H]3C2=O)[C@@H]2[C@@H](c3ccccc3C)c3sc(=O)[nH]c3S[C@@H]42)cc1. The summed E-state index contributed by atoms with van der Waals surface area (Å²) >= 11 is 3.05. The van der Waals surface area contributed by atoms with Crippen LogP contribution >= 0.6 is 23.1 Å². The molecule has 7 atom stereocenters. The molecule has 0 radical (unpaired) electrons. The highest BCUT2D eigenvalue weighted by atomic mass is 32.2. The predicted molar refractivity (Wildman–Crippen MR) is 133 cm³/mol. The molecule has 1 aromatic heterocycles. The zero-order valence-corrected chi connectivity index (χ0v) is 20.5. The number of hydrogen-bond donors (Lipinski definition) is 1. The summed E-state index contributed by atoms with van der Waals surface area (Å²) in [5.74, 6) is 0.0363. The van der Waals surface area contributed by atoms with Gasteiger partial charge in [0.2, 0.25) is 11.8 Å². The Bertz CT molecular complexity index is 1410. The van der Waals surface area contributed by atoms with Crippen LogP contribution in [-0.4, -0.2) is 22.0 Å². The third kappa shape index (κ3) is 2.65. The van der Waals surface area contributed by atoms with Gasteiger partial charge in [0.25, 0.3) is 0 Å². The number of benzene rings is 2. The van der Waals surface area contributed by atoms with E-state index in [1.807, 2.05) is 37.3 Å². The standard InChI is InChI=1S/C27H24N2O3S2/c1-12-7-9-14(10-8-12)29-25(30)20-16-11-17(21(20)26(29)31)22-19(16)18(15-6-4-3-5-13(15)2)23-24(33-22)28-27(32)34-23/h3-10,16-22H,11H2,1-2H3,(H,28,32)/t16-,17-,18-,19-,20+,21+,22+/m1/s1. The summed E-state index contributed by atoms with van der Waals surface area (Å²) in [6.45, 7) is 4.13. The van der Waals surface area contributed by atoms with Crippen molar-refractivity contribution in [2.24, 2.45) is 29.6 Å². The van der Waals surface area contributed by atoms with Crippen molar-refractivity contribution in [1.29, 1.82) is 0 Å². The molecule has 4 aliphatic rings. The van der Waals surface area contributed by atoms with Crippen LogP contribution in [0.1, 0.15) is 33.9 Å². The van der Waals surface area contributed by atoms with Gasteiger partial charge in [-0.2, -0.15) is 0 Å². The van der Waals surface area contributed by atoms with Gasteiger partial charge < -0.3 is 4.98 Å². The van der Waals surface area contributed by atoms with Crippen molar-refractivity contribution in [2.75, 3.05) is 4.90 Å². The molecule has 2 aliphatic heterocycles. The van der Waals surface area contributed by atoms with Gasteiger partial charge in [-0.25, -0.2) is 0 Å². The van der Waals surface area contributed by atoms with E-state index in [-0.39, 0.29) is 57.4 Å². The number of carbonyl (C=O) groups is 2. The molecule has 3 heterocycles. The Morgan fingerprint density at radius 1 is 0.912 bits per heavy atom. The van der Waals surface area contributed by atoms with Gasteiger partial charge in [-0.3, -0.25) is 19.3 Å². The van der Waals surface area contributed by atoms with Gasteiger partial charge in [0.15, 0.2) is 0 Å². The quantitative estimate of drug-likeness (QED) is 0.530. The Labute approximate surface area is 205 Å². The molecule has 3 fully saturated rings. The lowest BCUT2D eigenvalue weighted by Crippen LogP contribution is -2.42. The molecule has 2 aromatic carbocycles. The summed E-state index contributed by atoms with van der Waals surface area (Å²) < 4.78 is 0. The second kappa shape index (κ2) is 7.18. The van der Waals surface area contributed by atoms with Crippen molar-refractivity contribution >= 4 is 40.6 Å². The van der Waals surface area contributed by atoms with Crippen LogP contribution in [0.4, 0.5) is 5.69 Å². The number of thioether (sulfide) groups is 1. The molecule has 7 rings (SSSR count). The first-order valence-electron chi connectivity index (χ1n) is 11.8. The molecule has 7 heteroatoms. The fraction of sp³-hybridized carbons (Fsp3) is 0.370. The van der Waals surface area contributed by atoms with Gasteiger partial charge in [-0.1, -0.05) is 53.3 Å². The van der Waals surface area contributed by atoms with E-state index in [1.165, 1.54) is 27.4 Å². The zero-order valence-electron chi connectivity index (χ0n) is 18.9. The van der Waals surface area contributed by atoms with Gasteiger partial charge in [0, 0.05) is 16.0 Å². The van der Waals surface area contributed by atoms with Crippen molar-refractivity contribution in [3.8, 4) is 0 Å². The number of amides is 2. The maximum atomic E-state index is 13.8. The third-order valence-electron chi connectivity index (χ3n) is 8.54. The smallest absolute Gasteiger partial charge is 0.305 e. The van der Waals surface area contributed by atoms with Gasteiger partial charge in [0.1, 0.15) is 0 Å². The Morgan fingerprint density at radius 3 is 2.35 bits per heavy atom. The molecule has 2 bridgehead atoms. The fourth-order valence-electron chi connectivity index (χ4n) is 7.25. The number of thiazole rings is 1. The van der Waals surface area contributed by atoms with E-state index in [0.29, 0.717) is 5.69 Å². The van der Waals surface area contributed by atoms with Crippen molar-refractivity contribution < 1.29 is 9.59 Å². The van der Waals surface area contributed by atoms with Gasteiger partial charge in [0.05, 0.1) is 22.5 Å². The molecule has 0 spiro atoms. The average Bonchev–Trinajstić information content (AvgIpc) is 3.54. The van der Waals surface area contributed by atoms with E-state index >= 15 is 0 Å². The molecule has 1 N–H and O–H groups in total. The monoisotopic (exact) mass is 488 g/mol. The first-order valence-corrected chi connectivity index (χ1v) is 13.5. The number of aromatic nitrogens is 1. The number of imide groups is 1. The Balaban J connectivity index is 1.34. The minimum atomic E-state index is -0.260. The predicted octanol–water partition coefficient (Wildman–Crippen LogP) is 4.73. The molecule has 172 valence electrons. The number of hydrogen-bond acceptors (Lipinski definition) is 5. The summed E-state index contributed by atoms with van der Waals surface area (Å²) in [6.07, 6.45) is 0.915. The largest absolute Gasteiger partial charge is 0.307 e. The van der Waals surface area contributed by atoms with E-state index in [2.05, 4.69) is 30.1 Å². The Kier molecular flexibility index (Phi) is 4.38. The second-order valence-corrected chi connectivity index (χ2v) is 12.4. The van der Waals surface area contributed by atoms with Crippen LogP contribution in [0.2, 0.25) is 0 Å². The van der Waals surface area contributed by atoms with Crippen molar-refractivity contribution in [3.05, 3.63) is 79.8 Å². The van der Waals surface area contributed by atoms with Crippen LogP contribution in [-0.2, 0) is 9.59 Å². The molecule has 34 heavy (non-hydrogen) atoms. The van der Waals surface area contributed by atoms with Crippen LogP contribution < -0.4 is 9.77 Å². The zero-order chi connectivity index (χ0) is 23.3. The number of rotatable bonds is 2. The van der Waals surface area contributed by atoms with Crippen LogP contribution in [0, 0.1) is 43.4 Å². The van der Waals surface area contributed by atoms with Crippen LogP contribution in [0.25, 0.3) is 0 Å². The second-order valence-electron chi connectivity index (χ2n) is 10.2. The highest BCUT2D eigenvalue weighted by Crippen LogP contribution is 2.68. The maximum Gasteiger partial charge on any atom is 0.305 e. The molecule has 3 aromatic rings. The van der Waals surface area contributed by atoms with Gasteiger partial charge in [-0.05, 0) is 61.3 Å². The summed E-state index contributed by atoms with van der Waals surface area (Å²) in [7, 11) is 0. The number of nitrogens with zero attached hydrogens (tertiary/aromatic N) is 1. The Hall–Kier alpha value is -2.64. The summed E-state index contributed by atoms with van der Waals surface area (Å²) in [4.78, 5) is 45.4. The van der Waals surface area contributed by atoms with E-state index < -0.39 is 0 Å². The van der Waals surface area contributed by atoms with Crippen molar-refractivity contribution in [2.45, 2.75) is 36.5 Å². The molecule has 5 nitrogen and oxygen atoms in total. The first kappa shape index (κ1) is 20.7. The maximum absolute atomic E-state index is 13.8. The van der Waals surface area contributed by atoms with E-state index in [4.69, 9.17) is 0 Å². The van der Waals surface area contributed by atoms with Crippen molar-refractivity contribution in [1.82, 2.24) is 4.98 Å².